The average molecular weight is 283 g/mol. The van der Waals surface area contributed by atoms with E-state index in [0.29, 0.717) is 5.52 Å². The number of halogens is 4. The second-order valence-electron chi connectivity index (χ2n) is 3.97. The van der Waals surface area contributed by atoms with Crippen molar-refractivity contribution in [1.82, 2.24) is 4.98 Å². The third-order valence-corrected chi connectivity index (χ3v) is 2.75. The van der Waals surface area contributed by atoms with Crippen molar-refractivity contribution in [3.05, 3.63) is 47.5 Å². The summed E-state index contributed by atoms with van der Waals surface area (Å²) in [6.07, 6.45) is 0. The van der Waals surface area contributed by atoms with Crippen molar-refractivity contribution in [1.29, 1.82) is 0 Å². The molecule has 0 aliphatic carbocycles. The second-order valence-corrected chi connectivity index (χ2v) is 3.97. The quantitative estimate of drug-likeness (QED) is 0.420. The fourth-order valence-electron chi connectivity index (χ4n) is 1.79. The van der Waals surface area contributed by atoms with Crippen molar-refractivity contribution in [2.75, 3.05) is 0 Å². The van der Waals surface area contributed by atoms with E-state index >= 15 is 0 Å². The van der Waals surface area contributed by atoms with E-state index in [1.807, 2.05) is 0 Å². The van der Waals surface area contributed by atoms with Crippen LogP contribution in [0.4, 0.5) is 17.6 Å². The smallest absolute Gasteiger partial charge is 0.234 e. The zero-order chi connectivity index (χ0) is 14.4. The van der Waals surface area contributed by atoms with E-state index in [0.717, 1.165) is 0 Å². The Morgan fingerprint density at radius 2 is 1.55 bits per heavy atom. The number of oxazole rings is 1. The van der Waals surface area contributed by atoms with Crippen LogP contribution in [-0.4, -0.2) is 10.1 Å². The van der Waals surface area contributed by atoms with Gasteiger partial charge >= 0.3 is 0 Å². The van der Waals surface area contributed by atoms with Gasteiger partial charge in [-0.2, -0.15) is 4.39 Å². The molecule has 1 heterocycles. The molecule has 0 amide bonds. The number of hydrogen-bond acceptors (Lipinski definition) is 3. The molecule has 0 atom stereocenters. The molecule has 0 unspecified atom stereocenters. The molecule has 1 N–H and O–H groups in total. The molecule has 102 valence electrons. The number of fused-ring (bicyclic) bond motifs is 1. The molecule has 20 heavy (non-hydrogen) atoms. The van der Waals surface area contributed by atoms with Gasteiger partial charge in [-0.15, -0.1) is 0 Å². The van der Waals surface area contributed by atoms with Gasteiger partial charge in [-0.1, -0.05) is 12.1 Å². The molecule has 3 aromatic rings. The van der Waals surface area contributed by atoms with Gasteiger partial charge in [0.05, 0.1) is 0 Å². The molecule has 0 saturated heterocycles. The standard InChI is InChI=1S/C13H5F4NO2/c14-8-7(12(19)11(17)10(16)9(8)15)13-18-5-3-1-2-4-6(5)20-13/h1-4,19H. The first kappa shape index (κ1) is 12.5. The van der Waals surface area contributed by atoms with E-state index in [-0.39, 0.29) is 5.58 Å². The van der Waals surface area contributed by atoms with Gasteiger partial charge in [0.2, 0.25) is 17.5 Å². The Bertz CT molecular complexity index is 767. The average Bonchev–Trinajstić information content (AvgIpc) is 2.86. The number of phenolic OH excluding ortho intramolecular Hbond substituents is 1. The largest absolute Gasteiger partial charge is 0.504 e. The number of benzene rings is 2. The third-order valence-electron chi connectivity index (χ3n) is 2.75. The van der Waals surface area contributed by atoms with Crippen molar-refractivity contribution >= 4 is 11.1 Å². The van der Waals surface area contributed by atoms with E-state index in [4.69, 9.17) is 4.42 Å². The Morgan fingerprint density at radius 3 is 2.25 bits per heavy atom. The Balaban J connectivity index is 2.34. The lowest BCUT2D eigenvalue weighted by Crippen LogP contribution is -2.00. The molecule has 0 saturated carbocycles. The molecule has 3 rings (SSSR count). The summed E-state index contributed by atoms with van der Waals surface area (Å²) in [6.45, 7) is 0. The maximum Gasteiger partial charge on any atom is 0.234 e. The van der Waals surface area contributed by atoms with Crippen LogP contribution < -0.4 is 0 Å². The molecule has 1 aromatic heterocycles. The lowest BCUT2D eigenvalue weighted by molar-refractivity contribution is 0.365. The summed E-state index contributed by atoms with van der Waals surface area (Å²) in [7, 11) is 0. The summed E-state index contributed by atoms with van der Waals surface area (Å²) in [5.41, 5.74) is -0.435. The maximum atomic E-state index is 13.7. The highest BCUT2D eigenvalue weighted by Crippen LogP contribution is 2.37. The minimum Gasteiger partial charge on any atom is -0.504 e. The van der Waals surface area contributed by atoms with Crippen molar-refractivity contribution in [2.24, 2.45) is 0 Å². The van der Waals surface area contributed by atoms with E-state index in [2.05, 4.69) is 4.98 Å². The van der Waals surface area contributed by atoms with Gasteiger partial charge in [-0.3, -0.25) is 0 Å². The first-order valence-corrected chi connectivity index (χ1v) is 5.41. The summed E-state index contributed by atoms with van der Waals surface area (Å²) in [5.74, 6) is -9.75. The highest BCUT2D eigenvalue weighted by atomic mass is 19.2. The van der Waals surface area contributed by atoms with Gasteiger partial charge in [0, 0.05) is 0 Å². The first-order valence-electron chi connectivity index (χ1n) is 5.41. The molecule has 7 heteroatoms. The second kappa shape index (κ2) is 4.22. The molecule has 0 bridgehead atoms. The van der Waals surface area contributed by atoms with Crippen LogP contribution >= 0.6 is 0 Å². The third kappa shape index (κ3) is 1.63. The van der Waals surface area contributed by atoms with Crippen LogP contribution in [0.25, 0.3) is 22.6 Å². The summed E-state index contributed by atoms with van der Waals surface area (Å²) >= 11 is 0. The van der Waals surface area contributed by atoms with Crippen LogP contribution in [0.2, 0.25) is 0 Å². The minimum absolute atomic E-state index is 0.228. The van der Waals surface area contributed by atoms with E-state index in [1.165, 1.54) is 12.1 Å². The fourth-order valence-corrected chi connectivity index (χ4v) is 1.79. The minimum atomic E-state index is -2.10. The van der Waals surface area contributed by atoms with E-state index in [1.54, 1.807) is 12.1 Å². The first-order chi connectivity index (χ1) is 9.50. The number of nitrogens with zero attached hydrogens (tertiary/aromatic N) is 1. The number of para-hydroxylation sites is 2. The number of phenols is 1. The topological polar surface area (TPSA) is 46.3 Å². The lowest BCUT2D eigenvalue weighted by Gasteiger charge is -2.05. The molecule has 0 fully saturated rings. The summed E-state index contributed by atoms with van der Waals surface area (Å²) in [4.78, 5) is 3.79. The predicted molar refractivity (Wildman–Crippen MR) is 60.9 cm³/mol. The van der Waals surface area contributed by atoms with Gasteiger partial charge in [-0.25, -0.2) is 18.2 Å². The molecule has 0 aliphatic heterocycles. The Hall–Kier alpha value is -2.57. The summed E-state index contributed by atoms with van der Waals surface area (Å²) in [5, 5.41) is 9.44. The van der Waals surface area contributed by atoms with Gasteiger partial charge in [0.25, 0.3) is 0 Å². The maximum absolute atomic E-state index is 13.7. The van der Waals surface area contributed by atoms with Crippen molar-refractivity contribution in [3.8, 4) is 17.2 Å². The van der Waals surface area contributed by atoms with Crippen LogP contribution in [0.5, 0.6) is 5.75 Å². The molecule has 3 nitrogen and oxygen atoms in total. The van der Waals surface area contributed by atoms with Crippen LogP contribution in [-0.2, 0) is 0 Å². The van der Waals surface area contributed by atoms with Gasteiger partial charge in [0.1, 0.15) is 11.1 Å². The molecule has 2 aromatic carbocycles. The molecule has 0 spiro atoms. The Labute approximate surface area is 109 Å². The Kier molecular flexibility index (Phi) is 2.63. The zero-order valence-corrected chi connectivity index (χ0v) is 9.62. The number of rotatable bonds is 1. The van der Waals surface area contributed by atoms with Gasteiger partial charge in [0.15, 0.2) is 23.0 Å². The Morgan fingerprint density at radius 1 is 0.900 bits per heavy atom. The molecule has 0 aliphatic rings. The number of aromatic hydroxyl groups is 1. The van der Waals surface area contributed by atoms with Crippen LogP contribution in [0.1, 0.15) is 0 Å². The normalized spacial score (nSPS) is 11.2. The SMILES string of the molecule is Oc1c(F)c(F)c(F)c(F)c1-c1nc2ccccc2o1. The monoisotopic (exact) mass is 283 g/mol. The van der Waals surface area contributed by atoms with Crippen molar-refractivity contribution < 1.29 is 27.1 Å². The molecular weight excluding hydrogens is 278 g/mol. The number of aromatic nitrogens is 1. The molecule has 0 radical (unpaired) electrons. The predicted octanol–water partition coefficient (Wildman–Crippen LogP) is 3.76. The van der Waals surface area contributed by atoms with Crippen molar-refractivity contribution in [3.63, 3.8) is 0 Å². The van der Waals surface area contributed by atoms with E-state index < -0.39 is 40.5 Å². The highest BCUT2D eigenvalue weighted by Gasteiger charge is 2.28. The van der Waals surface area contributed by atoms with Gasteiger partial charge < -0.3 is 9.52 Å². The zero-order valence-electron chi connectivity index (χ0n) is 9.62. The van der Waals surface area contributed by atoms with Crippen LogP contribution in [0, 0.1) is 23.3 Å². The summed E-state index contributed by atoms with van der Waals surface area (Å²) in [6, 6.07) is 6.25. The van der Waals surface area contributed by atoms with Crippen molar-refractivity contribution in [2.45, 2.75) is 0 Å². The highest BCUT2D eigenvalue weighted by molar-refractivity contribution is 5.77. The van der Waals surface area contributed by atoms with E-state index in [9.17, 15) is 22.7 Å². The van der Waals surface area contributed by atoms with Gasteiger partial charge in [-0.05, 0) is 12.1 Å². The number of hydrogen-bond donors (Lipinski definition) is 1. The summed E-state index contributed by atoms with van der Waals surface area (Å²) < 4.78 is 58.2. The lowest BCUT2D eigenvalue weighted by atomic mass is 10.1. The fraction of sp³-hybridized carbons (Fsp3) is 0. The van der Waals surface area contributed by atoms with Crippen LogP contribution in [0.3, 0.4) is 0 Å². The van der Waals surface area contributed by atoms with Crippen LogP contribution in [0.15, 0.2) is 28.7 Å². The molecular formula is C13H5F4NO2.